The SMILES string of the molecule is COc1cc(OC)nc(OCC2CNCC(C)(C)O2)n1. The van der Waals surface area contributed by atoms with Gasteiger partial charge in [-0.05, 0) is 13.8 Å². The zero-order valence-corrected chi connectivity index (χ0v) is 12.3. The highest BCUT2D eigenvalue weighted by Crippen LogP contribution is 2.20. The molecule has 1 atom stereocenters. The van der Waals surface area contributed by atoms with Gasteiger partial charge in [0.25, 0.3) is 0 Å². The first kappa shape index (κ1) is 14.8. The second-order valence-electron chi connectivity index (χ2n) is 5.18. The summed E-state index contributed by atoms with van der Waals surface area (Å²) in [6.07, 6.45) is -0.0421. The molecule has 0 bridgehead atoms. The maximum Gasteiger partial charge on any atom is 0.323 e. The summed E-state index contributed by atoms with van der Waals surface area (Å²) in [5, 5.41) is 3.31. The van der Waals surface area contributed by atoms with Gasteiger partial charge in [0.1, 0.15) is 12.7 Å². The molecule has 2 heterocycles. The van der Waals surface area contributed by atoms with Gasteiger partial charge in [0.05, 0.1) is 25.9 Å². The maximum absolute atomic E-state index is 5.90. The number of ether oxygens (including phenoxy) is 4. The van der Waals surface area contributed by atoms with E-state index < -0.39 is 0 Å². The van der Waals surface area contributed by atoms with E-state index in [2.05, 4.69) is 15.3 Å². The summed E-state index contributed by atoms with van der Waals surface area (Å²) < 4.78 is 21.6. The van der Waals surface area contributed by atoms with Crippen LogP contribution in [0, 0.1) is 0 Å². The summed E-state index contributed by atoms with van der Waals surface area (Å²) in [6.45, 7) is 6.01. The Bertz CT molecular complexity index is 431. The molecule has 1 aromatic heterocycles. The summed E-state index contributed by atoms with van der Waals surface area (Å²) in [6, 6.07) is 1.81. The summed E-state index contributed by atoms with van der Waals surface area (Å²) in [5.41, 5.74) is -0.195. The average molecular weight is 283 g/mol. The molecule has 2 rings (SSSR count). The lowest BCUT2D eigenvalue weighted by atomic mass is 10.1. The lowest BCUT2D eigenvalue weighted by Crippen LogP contribution is -2.52. The van der Waals surface area contributed by atoms with E-state index >= 15 is 0 Å². The van der Waals surface area contributed by atoms with Crippen LogP contribution in [0.5, 0.6) is 17.8 Å². The molecular weight excluding hydrogens is 262 g/mol. The number of morpholine rings is 1. The van der Waals surface area contributed by atoms with Crippen LogP contribution in [0.25, 0.3) is 0 Å². The molecule has 0 amide bonds. The van der Waals surface area contributed by atoms with Gasteiger partial charge in [-0.15, -0.1) is 0 Å². The van der Waals surface area contributed by atoms with Gasteiger partial charge in [-0.3, -0.25) is 0 Å². The van der Waals surface area contributed by atoms with Gasteiger partial charge >= 0.3 is 6.01 Å². The van der Waals surface area contributed by atoms with E-state index in [0.29, 0.717) is 18.4 Å². The first-order valence-corrected chi connectivity index (χ1v) is 6.51. The smallest absolute Gasteiger partial charge is 0.323 e. The van der Waals surface area contributed by atoms with Crippen molar-refractivity contribution in [2.75, 3.05) is 33.9 Å². The fourth-order valence-corrected chi connectivity index (χ4v) is 1.99. The minimum atomic E-state index is -0.195. The molecule has 7 nitrogen and oxygen atoms in total. The maximum atomic E-state index is 5.90. The van der Waals surface area contributed by atoms with Crippen molar-refractivity contribution >= 4 is 0 Å². The second-order valence-corrected chi connectivity index (χ2v) is 5.18. The van der Waals surface area contributed by atoms with Crippen LogP contribution < -0.4 is 19.5 Å². The fourth-order valence-electron chi connectivity index (χ4n) is 1.99. The molecule has 1 aromatic rings. The van der Waals surface area contributed by atoms with Crippen molar-refractivity contribution < 1.29 is 18.9 Å². The molecule has 7 heteroatoms. The van der Waals surface area contributed by atoms with E-state index in [1.807, 2.05) is 13.8 Å². The summed E-state index contributed by atoms with van der Waals surface area (Å²) >= 11 is 0. The lowest BCUT2D eigenvalue weighted by molar-refractivity contribution is -0.107. The molecule has 1 fully saturated rings. The van der Waals surface area contributed by atoms with E-state index in [0.717, 1.165) is 13.1 Å². The monoisotopic (exact) mass is 283 g/mol. The zero-order valence-electron chi connectivity index (χ0n) is 12.3. The highest BCUT2D eigenvalue weighted by molar-refractivity contribution is 5.22. The predicted molar refractivity (Wildman–Crippen MR) is 72.5 cm³/mol. The van der Waals surface area contributed by atoms with Crippen molar-refractivity contribution in [1.29, 1.82) is 0 Å². The molecule has 0 spiro atoms. The van der Waals surface area contributed by atoms with Gasteiger partial charge in [-0.2, -0.15) is 9.97 Å². The van der Waals surface area contributed by atoms with Crippen molar-refractivity contribution in [1.82, 2.24) is 15.3 Å². The van der Waals surface area contributed by atoms with Gasteiger partial charge < -0.3 is 24.3 Å². The van der Waals surface area contributed by atoms with Crippen LogP contribution in [0.2, 0.25) is 0 Å². The van der Waals surface area contributed by atoms with E-state index in [-0.39, 0.29) is 17.7 Å². The third-order valence-corrected chi connectivity index (χ3v) is 2.88. The minimum Gasteiger partial charge on any atom is -0.481 e. The summed E-state index contributed by atoms with van der Waals surface area (Å²) in [7, 11) is 3.06. The molecule has 0 saturated carbocycles. The number of aromatic nitrogens is 2. The molecule has 0 radical (unpaired) electrons. The number of methoxy groups -OCH3 is 2. The molecule has 1 aliphatic rings. The number of rotatable bonds is 5. The first-order valence-electron chi connectivity index (χ1n) is 6.51. The van der Waals surface area contributed by atoms with Gasteiger partial charge in [0, 0.05) is 13.1 Å². The highest BCUT2D eigenvalue weighted by Gasteiger charge is 2.28. The topological polar surface area (TPSA) is 74.7 Å². The van der Waals surface area contributed by atoms with Crippen molar-refractivity contribution in [3.05, 3.63) is 6.07 Å². The molecule has 1 N–H and O–H groups in total. The molecule has 1 aliphatic heterocycles. The van der Waals surface area contributed by atoms with Crippen molar-refractivity contribution in [2.24, 2.45) is 0 Å². The highest BCUT2D eigenvalue weighted by atomic mass is 16.6. The van der Waals surface area contributed by atoms with E-state index in [1.165, 1.54) is 14.2 Å². The molecule has 0 aliphatic carbocycles. The number of hydrogen-bond acceptors (Lipinski definition) is 7. The van der Waals surface area contributed by atoms with E-state index in [9.17, 15) is 0 Å². The Morgan fingerprint density at radius 3 is 2.50 bits per heavy atom. The van der Waals surface area contributed by atoms with Crippen molar-refractivity contribution in [3.63, 3.8) is 0 Å². The average Bonchev–Trinajstić information content (AvgIpc) is 2.43. The third kappa shape index (κ3) is 3.94. The van der Waals surface area contributed by atoms with E-state index in [1.54, 1.807) is 6.07 Å². The second kappa shape index (κ2) is 6.23. The quantitative estimate of drug-likeness (QED) is 0.850. The Labute approximate surface area is 118 Å². The Balaban J connectivity index is 1.96. The Hall–Kier alpha value is -1.60. The zero-order chi connectivity index (χ0) is 14.6. The molecule has 112 valence electrons. The van der Waals surface area contributed by atoms with Crippen LogP contribution in [-0.4, -0.2) is 55.6 Å². The lowest BCUT2D eigenvalue weighted by Gasteiger charge is -2.36. The van der Waals surface area contributed by atoms with Gasteiger partial charge in [-0.1, -0.05) is 0 Å². The molecule has 1 unspecified atom stereocenters. The van der Waals surface area contributed by atoms with Gasteiger partial charge in [-0.25, -0.2) is 0 Å². The van der Waals surface area contributed by atoms with Crippen LogP contribution in [0.1, 0.15) is 13.8 Å². The summed E-state index contributed by atoms with van der Waals surface area (Å²) in [4.78, 5) is 8.22. The molecule has 20 heavy (non-hydrogen) atoms. The van der Waals surface area contributed by atoms with Crippen LogP contribution in [0.3, 0.4) is 0 Å². The summed E-state index contributed by atoms with van der Waals surface area (Å²) in [5.74, 6) is 0.796. The molecular formula is C13H21N3O4. The Morgan fingerprint density at radius 1 is 1.30 bits per heavy atom. The van der Waals surface area contributed by atoms with Gasteiger partial charge in [0.15, 0.2) is 0 Å². The molecule has 0 aromatic carbocycles. The number of nitrogens with one attached hydrogen (secondary N) is 1. The Kier molecular flexibility index (Phi) is 4.61. The van der Waals surface area contributed by atoms with Crippen LogP contribution >= 0.6 is 0 Å². The standard InChI is InChI=1S/C13H21N3O4/c1-13(2)8-14-6-9(20-13)7-19-12-15-10(17-3)5-11(16-12)18-4/h5,9,14H,6-8H2,1-4H3. The number of nitrogens with zero attached hydrogens (tertiary/aromatic N) is 2. The normalized spacial score (nSPS) is 21.3. The molecule has 1 saturated heterocycles. The first-order chi connectivity index (χ1) is 9.52. The number of hydrogen-bond donors (Lipinski definition) is 1. The van der Waals surface area contributed by atoms with Crippen LogP contribution in [0.4, 0.5) is 0 Å². The Morgan fingerprint density at radius 2 is 1.95 bits per heavy atom. The van der Waals surface area contributed by atoms with Crippen LogP contribution in [-0.2, 0) is 4.74 Å². The minimum absolute atomic E-state index is 0.0421. The van der Waals surface area contributed by atoms with Crippen LogP contribution in [0.15, 0.2) is 6.07 Å². The predicted octanol–water partition coefficient (Wildman–Crippen LogP) is 0.640. The fraction of sp³-hybridized carbons (Fsp3) is 0.692. The van der Waals surface area contributed by atoms with Crippen molar-refractivity contribution in [2.45, 2.75) is 25.6 Å². The van der Waals surface area contributed by atoms with Gasteiger partial charge in [0.2, 0.25) is 11.8 Å². The third-order valence-electron chi connectivity index (χ3n) is 2.88. The van der Waals surface area contributed by atoms with E-state index in [4.69, 9.17) is 18.9 Å². The van der Waals surface area contributed by atoms with Crippen molar-refractivity contribution in [3.8, 4) is 17.8 Å². The largest absolute Gasteiger partial charge is 0.481 e.